The average Bonchev–Trinajstić information content (AvgIpc) is 3.08. The van der Waals surface area contributed by atoms with Gasteiger partial charge in [0.1, 0.15) is 17.2 Å². The summed E-state index contributed by atoms with van der Waals surface area (Å²) in [7, 11) is 0. The van der Waals surface area contributed by atoms with Gasteiger partial charge < -0.3 is 9.52 Å². The lowest BCUT2D eigenvalue weighted by Gasteiger charge is -2.20. The summed E-state index contributed by atoms with van der Waals surface area (Å²) in [6.07, 6.45) is 2.18. The Hall–Kier alpha value is -2.56. The van der Waals surface area contributed by atoms with Crippen LogP contribution < -0.4 is 0 Å². The molecule has 2 heterocycles. The minimum Gasteiger partial charge on any atom is -0.508 e. The predicted octanol–water partition coefficient (Wildman–Crippen LogP) is 2.68. The summed E-state index contributed by atoms with van der Waals surface area (Å²) in [6.45, 7) is 1.49. The summed E-state index contributed by atoms with van der Waals surface area (Å²) in [5.74, 6) is 0.760. The monoisotopic (exact) mass is 270 g/mol. The number of nitrogens with zero attached hydrogens (tertiary/aromatic N) is 2. The molecule has 5 heteroatoms. The maximum atomic E-state index is 11.8. The molecule has 1 aliphatic heterocycles. The fourth-order valence-corrected chi connectivity index (χ4v) is 2.35. The summed E-state index contributed by atoms with van der Waals surface area (Å²) in [4.78, 5) is 11.8. The zero-order valence-electron chi connectivity index (χ0n) is 11.0. The quantitative estimate of drug-likeness (QED) is 0.912. The van der Waals surface area contributed by atoms with Crippen LogP contribution in [-0.4, -0.2) is 21.7 Å². The number of hydrogen-bond acceptors (Lipinski definition) is 4. The Kier molecular flexibility index (Phi) is 3.02. The van der Waals surface area contributed by atoms with Crippen LogP contribution in [-0.2, 0) is 4.79 Å². The molecule has 0 saturated carbocycles. The van der Waals surface area contributed by atoms with Gasteiger partial charge >= 0.3 is 0 Å². The van der Waals surface area contributed by atoms with Gasteiger partial charge in [0.05, 0.1) is 12.3 Å². The Morgan fingerprint density at radius 3 is 2.70 bits per heavy atom. The van der Waals surface area contributed by atoms with E-state index >= 15 is 0 Å². The van der Waals surface area contributed by atoms with Crippen molar-refractivity contribution < 1.29 is 14.3 Å². The van der Waals surface area contributed by atoms with Crippen LogP contribution in [0.2, 0.25) is 0 Å². The highest BCUT2D eigenvalue weighted by atomic mass is 16.3. The number of carbonyl (C=O) groups excluding carboxylic acids is 1. The highest BCUT2D eigenvalue weighted by Crippen LogP contribution is 2.33. The lowest BCUT2D eigenvalue weighted by molar-refractivity contribution is -0.130. The third-order valence-corrected chi connectivity index (χ3v) is 3.32. The molecule has 0 radical (unpaired) electrons. The molecule has 1 N–H and O–H groups in total. The van der Waals surface area contributed by atoms with Crippen molar-refractivity contribution in [3.63, 3.8) is 0 Å². The molecule has 0 saturated heterocycles. The number of amides is 1. The third kappa shape index (κ3) is 2.18. The molecule has 0 spiro atoms. The molecule has 1 aromatic carbocycles. The first-order chi connectivity index (χ1) is 9.65. The van der Waals surface area contributed by atoms with Gasteiger partial charge in [0.25, 0.3) is 0 Å². The van der Waals surface area contributed by atoms with Crippen LogP contribution >= 0.6 is 0 Å². The van der Waals surface area contributed by atoms with Crippen molar-refractivity contribution in [3.8, 4) is 5.75 Å². The van der Waals surface area contributed by atoms with Crippen LogP contribution in [0.15, 0.2) is 52.2 Å². The minimum absolute atomic E-state index is 0.121. The summed E-state index contributed by atoms with van der Waals surface area (Å²) in [5, 5.41) is 15.2. The highest BCUT2D eigenvalue weighted by Gasteiger charge is 2.32. The first kappa shape index (κ1) is 12.5. The topological polar surface area (TPSA) is 66.0 Å². The van der Waals surface area contributed by atoms with Gasteiger partial charge in [-0.1, -0.05) is 12.1 Å². The Labute approximate surface area is 116 Å². The molecule has 3 rings (SSSR count). The molecule has 0 bridgehead atoms. The van der Waals surface area contributed by atoms with Crippen molar-refractivity contribution in [2.45, 2.75) is 19.4 Å². The van der Waals surface area contributed by atoms with Crippen LogP contribution in [0.25, 0.3) is 0 Å². The number of phenols is 1. The molecule has 1 aliphatic rings. The van der Waals surface area contributed by atoms with Crippen molar-refractivity contribution in [2.75, 3.05) is 0 Å². The van der Waals surface area contributed by atoms with Crippen LogP contribution in [0.4, 0.5) is 0 Å². The zero-order chi connectivity index (χ0) is 14.1. The zero-order valence-corrected chi connectivity index (χ0v) is 11.0. The molecule has 5 nitrogen and oxygen atoms in total. The standard InChI is InChI=1S/C15H14N2O3/c1-10(18)17-14(11-4-6-12(19)7-5-11)9-13(16-17)15-3-2-8-20-15/h2-8,14,19H,9H2,1H3/t14-/m1/s1. The van der Waals surface area contributed by atoms with E-state index in [0.717, 1.165) is 11.3 Å². The second-order valence-electron chi connectivity index (χ2n) is 4.70. The maximum Gasteiger partial charge on any atom is 0.240 e. The molecule has 0 aliphatic carbocycles. The van der Waals surface area contributed by atoms with Gasteiger partial charge in [-0.05, 0) is 29.8 Å². The van der Waals surface area contributed by atoms with Crippen molar-refractivity contribution in [1.29, 1.82) is 0 Å². The normalized spacial score (nSPS) is 18.1. The van der Waals surface area contributed by atoms with Gasteiger partial charge in [-0.25, -0.2) is 5.01 Å². The summed E-state index contributed by atoms with van der Waals surface area (Å²) >= 11 is 0. The molecular weight excluding hydrogens is 256 g/mol. The van der Waals surface area contributed by atoms with Crippen molar-refractivity contribution in [1.82, 2.24) is 5.01 Å². The summed E-state index contributed by atoms with van der Waals surface area (Å²) < 4.78 is 5.34. The minimum atomic E-state index is -0.159. The Bertz CT molecular complexity index is 644. The smallest absolute Gasteiger partial charge is 0.240 e. The number of phenolic OH excluding ortho intramolecular Hbond substituents is 1. The lowest BCUT2D eigenvalue weighted by atomic mass is 10.0. The van der Waals surface area contributed by atoms with Crippen molar-refractivity contribution in [3.05, 3.63) is 54.0 Å². The number of carbonyl (C=O) groups is 1. The first-order valence-corrected chi connectivity index (χ1v) is 6.35. The van der Waals surface area contributed by atoms with E-state index in [0.29, 0.717) is 12.2 Å². The molecule has 1 aromatic heterocycles. The largest absolute Gasteiger partial charge is 0.508 e. The number of hydrogen-bond donors (Lipinski definition) is 1. The van der Waals surface area contributed by atoms with Crippen LogP contribution in [0.3, 0.4) is 0 Å². The molecule has 1 atom stereocenters. The molecule has 20 heavy (non-hydrogen) atoms. The van der Waals surface area contributed by atoms with Crippen LogP contribution in [0, 0.1) is 0 Å². The molecule has 2 aromatic rings. The van der Waals surface area contributed by atoms with E-state index < -0.39 is 0 Å². The van der Waals surface area contributed by atoms with Gasteiger partial charge in [0.15, 0.2) is 0 Å². The second kappa shape index (κ2) is 4.85. The van der Waals surface area contributed by atoms with Gasteiger partial charge in [0.2, 0.25) is 5.91 Å². The lowest BCUT2D eigenvalue weighted by Crippen LogP contribution is -2.24. The predicted molar refractivity (Wildman–Crippen MR) is 73.2 cm³/mol. The van der Waals surface area contributed by atoms with E-state index in [9.17, 15) is 9.90 Å². The third-order valence-electron chi connectivity index (χ3n) is 3.32. The van der Waals surface area contributed by atoms with Gasteiger partial charge in [-0.3, -0.25) is 4.79 Å². The van der Waals surface area contributed by atoms with Crippen LogP contribution in [0.1, 0.15) is 30.7 Å². The van der Waals surface area contributed by atoms with E-state index in [-0.39, 0.29) is 17.7 Å². The Morgan fingerprint density at radius 1 is 1.35 bits per heavy atom. The number of furan rings is 1. The second-order valence-corrected chi connectivity index (χ2v) is 4.70. The van der Waals surface area contributed by atoms with Crippen LogP contribution in [0.5, 0.6) is 5.75 Å². The molecule has 1 amide bonds. The van der Waals surface area contributed by atoms with E-state index in [1.54, 1.807) is 36.6 Å². The van der Waals surface area contributed by atoms with Gasteiger partial charge in [-0.2, -0.15) is 5.10 Å². The van der Waals surface area contributed by atoms with E-state index in [1.165, 1.54) is 11.9 Å². The molecule has 0 unspecified atom stereocenters. The fourth-order valence-electron chi connectivity index (χ4n) is 2.35. The average molecular weight is 270 g/mol. The molecule has 102 valence electrons. The Balaban J connectivity index is 1.93. The Morgan fingerprint density at radius 2 is 2.10 bits per heavy atom. The SMILES string of the molecule is CC(=O)N1N=C(c2ccco2)C[C@@H]1c1ccc(O)cc1. The number of rotatable bonds is 2. The van der Waals surface area contributed by atoms with E-state index in [1.807, 2.05) is 6.07 Å². The molecule has 0 fully saturated rings. The van der Waals surface area contributed by atoms with Gasteiger partial charge in [-0.15, -0.1) is 0 Å². The summed E-state index contributed by atoms with van der Waals surface area (Å²) in [6, 6.07) is 10.3. The maximum absolute atomic E-state index is 11.8. The highest BCUT2D eigenvalue weighted by molar-refractivity contribution is 6.00. The first-order valence-electron chi connectivity index (χ1n) is 6.35. The summed E-state index contributed by atoms with van der Waals surface area (Å²) in [5.41, 5.74) is 1.69. The van der Waals surface area contributed by atoms with E-state index in [2.05, 4.69) is 5.10 Å². The van der Waals surface area contributed by atoms with Crippen molar-refractivity contribution in [2.24, 2.45) is 5.10 Å². The fraction of sp³-hybridized carbons (Fsp3) is 0.200. The van der Waals surface area contributed by atoms with E-state index in [4.69, 9.17) is 4.42 Å². The number of aromatic hydroxyl groups is 1. The number of benzene rings is 1. The number of hydrazone groups is 1. The van der Waals surface area contributed by atoms with Crippen molar-refractivity contribution >= 4 is 11.6 Å². The van der Waals surface area contributed by atoms with Gasteiger partial charge in [0, 0.05) is 13.3 Å². The molecular formula is C15H14N2O3.